The lowest BCUT2D eigenvalue weighted by Gasteiger charge is -2.35. The van der Waals surface area contributed by atoms with Crippen molar-refractivity contribution in [3.05, 3.63) is 41.5 Å². The zero-order valence-corrected chi connectivity index (χ0v) is 12.7. The van der Waals surface area contributed by atoms with Gasteiger partial charge in [-0.25, -0.2) is 15.0 Å². The lowest BCUT2D eigenvalue weighted by molar-refractivity contribution is 0.162. The Kier molecular flexibility index (Phi) is 3.03. The van der Waals surface area contributed by atoms with Crippen LogP contribution in [0.5, 0.6) is 0 Å². The molecule has 1 fully saturated rings. The molecule has 0 spiro atoms. The molecule has 4 rings (SSSR count). The normalized spacial score (nSPS) is 24.3. The Morgan fingerprint density at radius 3 is 3.05 bits per heavy atom. The molecular weight excluding hydrogens is 262 g/mol. The van der Waals surface area contributed by atoms with Crippen LogP contribution in [-0.2, 0) is 19.5 Å². The van der Waals surface area contributed by atoms with E-state index < -0.39 is 0 Å². The molecule has 2 aromatic heterocycles. The van der Waals surface area contributed by atoms with Crippen LogP contribution in [0.1, 0.15) is 48.6 Å². The van der Waals surface area contributed by atoms with Gasteiger partial charge in [-0.2, -0.15) is 0 Å². The molecule has 4 heterocycles. The second-order valence-corrected chi connectivity index (χ2v) is 6.11. The molecular formula is C16H21N5. The van der Waals surface area contributed by atoms with Gasteiger partial charge in [-0.3, -0.25) is 4.90 Å². The Morgan fingerprint density at radius 1 is 1.29 bits per heavy atom. The van der Waals surface area contributed by atoms with Gasteiger partial charge in [0.15, 0.2) is 0 Å². The largest absolute Gasteiger partial charge is 0.334 e. The van der Waals surface area contributed by atoms with Gasteiger partial charge in [-0.15, -0.1) is 0 Å². The van der Waals surface area contributed by atoms with Crippen LogP contribution in [0.4, 0.5) is 0 Å². The van der Waals surface area contributed by atoms with Gasteiger partial charge in [0.1, 0.15) is 5.82 Å². The minimum absolute atomic E-state index is 0.486. The van der Waals surface area contributed by atoms with Crippen LogP contribution in [0.3, 0.4) is 0 Å². The third kappa shape index (κ3) is 2.07. The third-order valence-electron chi connectivity index (χ3n) is 4.93. The number of aryl methyl sites for hydroxylation is 2. The van der Waals surface area contributed by atoms with Gasteiger partial charge in [-0.1, -0.05) is 0 Å². The van der Waals surface area contributed by atoms with Crippen LogP contribution >= 0.6 is 0 Å². The molecule has 0 aliphatic carbocycles. The number of imidazole rings is 1. The van der Waals surface area contributed by atoms with E-state index in [2.05, 4.69) is 31.3 Å². The predicted molar refractivity (Wildman–Crippen MR) is 79.7 cm³/mol. The molecule has 0 N–H and O–H groups in total. The van der Waals surface area contributed by atoms with Gasteiger partial charge in [0.25, 0.3) is 0 Å². The molecule has 110 valence electrons. The molecule has 2 aliphatic heterocycles. The van der Waals surface area contributed by atoms with Crippen LogP contribution < -0.4 is 0 Å². The fourth-order valence-corrected chi connectivity index (χ4v) is 3.87. The summed E-state index contributed by atoms with van der Waals surface area (Å²) >= 11 is 0. The maximum absolute atomic E-state index is 4.66. The molecule has 5 heteroatoms. The van der Waals surface area contributed by atoms with E-state index in [1.54, 1.807) is 0 Å². The fourth-order valence-electron chi connectivity index (χ4n) is 3.87. The van der Waals surface area contributed by atoms with Crippen molar-refractivity contribution < 1.29 is 0 Å². The molecule has 2 aromatic rings. The highest BCUT2D eigenvalue weighted by Crippen LogP contribution is 2.43. The molecule has 0 aromatic carbocycles. The van der Waals surface area contributed by atoms with Crippen molar-refractivity contribution in [3.8, 4) is 0 Å². The van der Waals surface area contributed by atoms with Crippen molar-refractivity contribution in [2.24, 2.45) is 0 Å². The Balaban J connectivity index is 1.65. The van der Waals surface area contributed by atoms with Crippen LogP contribution in [0.25, 0.3) is 0 Å². The molecule has 0 unspecified atom stereocenters. The van der Waals surface area contributed by atoms with Crippen molar-refractivity contribution in [1.82, 2.24) is 24.4 Å². The minimum atomic E-state index is 0.486. The summed E-state index contributed by atoms with van der Waals surface area (Å²) in [4.78, 5) is 16.0. The predicted octanol–water partition coefficient (Wildman–Crippen LogP) is 2.26. The average Bonchev–Trinajstić information content (AvgIpc) is 3.03. The SMILES string of the molecule is CCn1cncc1CN1[C@H]2CC[C@H]1c1cnc(C)nc1C2. The van der Waals surface area contributed by atoms with E-state index in [1.807, 2.05) is 25.6 Å². The molecule has 2 atom stereocenters. The van der Waals surface area contributed by atoms with Crippen LogP contribution in [0.15, 0.2) is 18.7 Å². The van der Waals surface area contributed by atoms with Gasteiger partial charge < -0.3 is 4.57 Å². The lowest BCUT2D eigenvalue weighted by Crippen LogP contribution is -2.38. The number of fused-ring (bicyclic) bond motifs is 4. The number of hydrogen-bond acceptors (Lipinski definition) is 4. The summed E-state index contributed by atoms with van der Waals surface area (Å²) in [6.07, 6.45) is 9.54. The van der Waals surface area contributed by atoms with E-state index in [9.17, 15) is 0 Å². The Bertz CT molecular complexity index is 662. The Labute approximate surface area is 125 Å². The highest BCUT2D eigenvalue weighted by atomic mass is 15.2. The van der Waals surface area contributed by atoms with Gasteiger partial charge >= 0.3 is 0 Å². The van der Waals surface area contributed by atoms with Gasteiger partial charge in [0, 0.05) is 49.6 Å². The van der Waals surface area contributed by atoms with Gasteiger partial charge in [0.2, 0.25) is 0 Å². The smallest absolute Gasteiger partial charge is 0.125 e. The first kappa shape index (κ1) is 13.0. The molecule has 5 nitrogen and oxygen atoms in total. The second-order valence-electron chi connectivity index (χ2n) is 6.11. The minimum Gasteiger partial charge on any atom is -0.334 e. The van der Waals surface area contributed by atoms with E-state index >= 15 is 0 Å². The van der Waals surface area contributed by atoms with Gasteiger partial charge in [-0.05, 0) is 26.7 Å². The van der Waals surface area contributed by atoms with E-state index in [0.717, 1.165) is 25.3 Å². The maximum Gasteiger partial charge on any atom is 0.125 e. The first-order chi connectivity index (χ1) is 10.3. The first-order valence-electron chi connectivity index (χ1n) is 7.83. The lowest BCUT2D eigenvalue weighted by atomic mass is 9.99. The molecule has 2 aliphatic rings. The zero-order valence-electron chi connectivity index (χ0n) is 12.7. The van der Waals surface area contributed by atoms with Crippen molar-refractivity contribution in [1.29, 1.82) is 0 Å². The van der Waals surface area contributed by atoms with E-state index in [0.29, 0.717) is 12.1 Å². The Morgan fingerprint density at radius 2 is 2.19 bits per heavy atom. The van der Waals surface area contributed by atoms with Gasteiger partial charge in [0.05, 0.1) is 17.7 Å². The first-order valence-corrected chi connectivity index (χ1v) is 7.83. The number of nitrogens with zero attached hydrogens (tertiary/aromatic N) is 5. The third-order valence-corrected chi connectivity index (χ3v) is 4.93. The molecule has 21 heavy (non-hydrogen) atoms. The maximum atomic E-state index is 4.66. The summed E-state index contributed by atoms with van der Waals surface area (Å²) in [6.45, 7) is 6.12. The summed E-state index contributed by atoms with van der Waals surface area (Å²) in [5.74, 6) is 0.894. The van der Waals surface area contributed by atoms with Crippen LogP contribution in [-0.4, -0.2) is 30.5 Å². The zero-order chi connectivity index (χ0) is 14.4. The number of aromatic nitrogens is 4. The van der Waals surface area contributed by atoms with Crippen molar-refractivity contribution in [2.45, 2.75) is 58.3 Å². The van der Waals surface area contributed by atoms with Crippen molar-refractivity contribution in [2.75, 3.05) is 0 Å². The fraction of sp³-hybridized carbons (Fsp3) is 0.562. The van der Waals surface area contributed by atoms with Crippen molar-refractivity contribution in [3.63, 3.8) is 0 Å². The molecule has 0 radical (unpaired) electrons. The summed E-state index contributed by atoms with van der Waals surface area (Å²) in [7, 11) is 0. The number of hydrogen-bond donors (Lipinski definition) is 0. The molecule has 2 bridgehead atoms. The summed E-state index contributed by atoms with van der Waals surface area (Å²) in [5, 5.41) is 0. The van der Waals surface area contributed by atoms with Crippen LogP contribution in [0, 0.1) is 6.92 Å². The van der Waals surface area contributed by atoms with E-state index in [1.165, 1.54) is 29.8 Å². The Hall–Kier alpha value is -1.75. The highest BCUT2D eigenvalue weighted by Gasteiger charge is 2.40. The summed E-state index contributed by atoms with van der Waals surface area (Å²) in [6, 6.07) is 1.11. The number of rotatable bonds is 3. The monoisotopic (exact) mass is 283 g/mol. The molecule has 0 saturated carbocycles. The average molecular weight is 283 g/mol. The van der Waals surface area contributed by atoms with Crippen LogP contribution in [0.2, 0.25) is 0 Å². The quantitative estimate of drug-likeness (QED) is 0.867. The topological polar surface area (TPSA) is 46.8 Å². The summed E-state index contributed by atoms with van der Waals surface area (Å²) in [5.41, 5.74) is 3.93. The van der Waals surface area contributed by atoms with E-state index in [-0.39, 0.29) is 0 Å². The highest BCUT2D eigenvalue weighted by molar-refractivity contribution is 5.28. The van der Waals surface area contributed by atoms with E-state index in [4.69, 9.17) is 0 Å². The molecule has 0 amide bonds. The standard InChI is InChI=1S/C16H21N5/c1-3-20-10-17-7-13(20)9-21-12-4-5-16(21)14-8-18-11(2)19-15(14)6-12/h7-8,10,12,16H,3-6,9H2,1-2H3/t12-,16-/m0/s1. The second kappa shape index (κ2) is 4.91. The van der Waals surface area contributed by atoms with Crippen molar-refractivity contribution >= 4 is 0 Å². The summed E-state index contributed by atoms with van der Waals surface area (Å²) < 4.78 is 2.24. The molecule has 1 saturated heterocycles.